The zero-order valence-electron chi connectivity index (χ0n) is 17.2. The second-order valence-corrected chi connectivity index (χ2v) is 8.55. The molecule has 30 heavy (non-hydrogen) atoms. The molecule has 3 rings (SSSR count). The van der Waals surface area contributed by atoms with Gasteiger partial charge in [0.15, 0.2) is 11.0 Å². The maximum Gasteiger partial charge on any atom is 0.236 e. The van der Waals surface area contributed by atoms with E-state index in [0.717, 1.165) is 28.3 Å². The molecule has 0 bridgehead atoms. The summed E-state index contributed by atoms with van der Waals surface area (Å²) in [5.74, 6) is 1.52. The maximum atomic E-state index is 12.2. The average Bonchev–Trinajstić information content (AvgIpc) is 3.34. The predicted octanol–water partition coefficient (Wildman–Crippen LogP) is 3.80. The molecule has 0 aliphatic heterocycles. The highest BCUT2D eigenvalue weighted by Gasteiger charge is 2.15. The molecule has 0 saturated heterocycles. The number of rotatable bonds is 10. The molecule has 0 aliphatic carbocycles. The minimum Gasteiger partial charge on any atom is -0.485 e. The summed E-state index contributed by atoms with van der Waals surface area (Å²) < 4.78 is 7.86. The highest BCUT2D eigenvalue weighted by Crippen LogP contribution is 2.22. The quantitative estimate of drug-likeness (QED) is 0.375. The van der Waals surface area contributed by atoms with E-state index < -0.39 is 0 Å². The highest BCUT2D eigenvalue weighted by atomic mass is 32.2. The molecule has 8 nitrogen and oxygen atoms in total. The first kappa shape index (κ1) is 22.0. The van der Waals surface area contributed by atoms with Gasteiger partial charge in [0.05, 0.1) is 5.75 Å². The number of allylic oxidation sites excluding steroid dienone is 1. The van der Waals surface area contributed by atoms with Crippen LogP contribution in [0.2, 0.25) is 0 Å². The fourth-order valence-electron chi connectivity index (χ4n) is 2.58. The lowest BCUT2D eigenvalue weighted by Gasteiger charge is -2.11. The summed E-state index contributed by atoms with van der Waals surface area (Å²) in [7, 11) is 0. The first-order valence-corrected chi connectivity index (χ1v) is 11.3. The van der Waals surface area contributed by atoms with E-state index in [1.165, 1.54) is 23.1 Å². The van der Waals surface area contributed by atoms with Gasteiger partial charge in [0.1, 0.15) is 17.4 Å². The normalized spacial score (nSPS) is 10.8. The number of carbonyl (C=O) groups excluding carboxylic acids is 1. The topological polar surface area (TPSA) is 94.8 Å². The summed E-state index contributed by atoms with van der Waals surface area (Å²) in [6, 6.07) is 6.08. The number of anilines is 1. The van der Waals surface area contributed by atoms with Crippen molar-refractivity contribution in [2.24, 2.45) is 0 Å². The Morgan fingerprint density at radius 1 is 1.30 bits per heavy atom. The van der Waals surface area contributed by atoms with Gasteiger partial charge in [-0.15, -0.1) is 27.0 Å². The van der Waals surface area contributed by atoms with E-state index in [9.17, 15) is 4.79 Å². The van der Waals surface area contributed by atoms with Crippen LogP contribution in [0.4, 0.5) is 5.13 Å². The molecule has 3 aromatic rings. The van der Waals surface area contributed by atoms with E-state index in [2.05, 4.69) is 32.3 Å². The standard InChI is InChI=1S/C20H24N6O2S2/c1-5-9-26-16(11-28-15-10-13(3)7-8-14(15)4)22-25-20(26)29-12-17(27)21-19-24-23-18(6-2)30-19/h5,7-8,10H,1,6,9,11-12H2,2-4H3,(H,21,24,27). The Labute approximate surface area is 183 Å². The zero-order chi connectivity index (χ0) is 21.5. The zero-order valence-corrected chi connectivity index (χ0v) is 18.8. The van der Waals surface area contributed by atoms with Crippen molar-refractivity contribution in [3.05, 3.63) is 52.8 Å². The van der Waals surface area contributed by atoms with Gasteiger partial charge in [-0.3, -0.25) is 14.7 Å². The Bertz CT molecular complexity index is 1030. The van der Waals surface area contributed by atoms with E-state index in [-0.39, 0.29) is 18.3 Å². The van der Waals surface area contributed by atoms with Crippen LogP contribution in [-0.4, -0.2) is 36.6 Å². The van der Waals surface area contributed by atoms with Crippen LogP contribution in [-0.2, 0) is 24.4 Å². The summed E-state index contributed by atoms with van der Waals surface area (Å²) in [5.41, 5.74) is 2.19. The summed E-state index contributed by atoms with van der Waals surface area (Å²) >= 11 is 2.68. The molecule has 0 spiro atoms. The van der Waals surface area contributed by atoms with Crippen molar-refractivity contribution in [2.75, 3.05) is 11.1 Å². The van der Waals surface area contributed by atoms with Crippen LogP contribution in [0, 0.1) is 13.8 Å². The lowest BCUT2D eigenvalue weighted by Crippen LogP contribution is -2.15. The average molecular weight is 445 g/mol. The molecule has 0 aliphatic rings. The van der Waals surface area contributed by atoms with E-state index in [1.807, 2.05) is 43.5 Å². The van der Waals surface area contributed by atoms with Crippen molar-refractivity contribution >= 4 is 34.1 Å². The lowest BCUT2D eigenvalue weighted by molar-refractivity contribution is -0.113. The molecule has 1 aromatic carbocycles. The molecule has 0 atom stereocenters. The molecule has 1 amide bonds. The number of benzene rings is 1. The summed E-state index contributed by atoms with van der Waals surface area (Å²) in [5, 5.41) is 21.2. The monoisotopic (exact) mass is 444 g/mol. The number of ether oxygens (including phenoxy) is 1. The van der Waals surface area contributed by atoms with Crippen LogP contribution < -0.4 is 10.1 Å². The van der Waals surface area contributed by atoms with Crippen molar-refractivity contribution in [1.29, 1.82) is 0 Å². The van der Waals surface area contributed by atoms with Gasteiger partial charge in [-0.2, -0.15) is 0 Å². The summed E-state index contributed by atoms with van der Waals surface area (Å²) in [6.45, 7) is 10.6. The fraction of sp³-hybridized carbons (Fsp3) is 0.350. The van der Waals surface area contributed by atoms with Gasteiger partial charge in [0, 0.05) is 6.54 Å². The van der Waals surface area contributed by atoms with Crippen molar-refractivity contribution in [3.63, 3.8) is 0 Å². The Morgan fingerprint density at radius 3 is 2.87 bits per heavy atom. The molecule has 158 valence electrons. The molecule has 0 fully saturated rings. The lowest BCUT2D eigenvalue weighted by atomic mass is 10.1. The third-order valence-electron chi connectivity index (χ3n) is 4.15. The van der Waals surface area contributed by atoms with Crippen LogP contribution in [0.25, 0.3) is 0 Å². The smallest absolute Gasteiger partial charge is 0.236 e. The van der Waals surface area contributed by atoms with Gasteiger partial charge in [0.25, 0.3) is 0 Å². The van der Waals surface area contributed by atoms with Crippen molar-refractivity contribution in [2.45, 2.75) is 45.5 Å². The van der Waals surface area contributed by atoms with E-state index in [0.29, 0.717) is 22.7 Å². The number of hydrogen-bond acceptors (Lipinski definition) is 8. The molecular weight excluding hydrogens is 420 g/mol. The van der Waals surface area contributed by atoms with Gasteiger partial charge in [-0.1, -0.05) is 48.2 Å². The van der Waals surface area contributed by atoms with Crippen LogP contribution >= 0.6 is 23.1 Å². The SMILES string of the molecule is C=CCn1c(COc2cc(C)ccc2C)nnc1SCC(=O)Nc1nnc(CC)s1. The Hall–Kier alpha value is -2.72. The largest absolute Gasteiger partial charge is 0.485 e. The maximum absolute atomic E-state index is 12.2. The van der Waals surface area contributed by atoms with Crippen LogP contribution in [0.5, 0.6) is 5.75 Å². The number of hydrogen-bond donors (Lipinski definition) is 1. The van der Waals surface area contributed by atoms with E-state index in [1.54, 1.807) is 6.08 Å². The van der Waals surface area contributed by atoms with Gasteiger partial charge in [-0.25, -0.2) is 0 Å². The van der Waals surface area contributed by atoms with E-state index >= 15 is 0 Å². The minimum atomic E-state index is -0.167. The number of carbonyl (C=O) groups is 1. The second-order valence-electron chi connectivity index (χ2n) is 6.55. The number of nitrogens with zero attached hydrogens (tertiary/aromatic N) is 5. The molecule has 0 radical (unpaired) electrons. The summed E-state index contributed by atoms with van der Waals surface area (Å²) in [4.78, 5) is 12.2. The number of thioether (sulfide) groups is 1. The van der Waals surface area contributed by atoms with Crippen molar-refractivity contribution < 1.29 is 9.53 Å². The molecule has 1 N–H and O–H groups in total. The fourth-order valence-corrected chi connectivity index (χ4v) is 4.04. The highest BCUT2D eigenvalue weighted by molar-refractivity contribution is 7.99. The number of aromatic nitrogens is 5. The first-order chi connectivity index (χ1) is 14.5. The van der Waals surface area contributed by atoms with Gasteiger partial charge >= 0.3 is 0 Å². The first-order valence-electron chi connectivity index (χ1n) is 9.48. The van der Waals surface area contributed by atoms with E-state index in [4.69, 9.17) is 4.74 Å². The summed E-state index contributed by atoms with van der Waals surface area (Å²) in [6.07, 6.45) is 2.56. The van der Waals surface area contributed by atoms with Crippen molar-refractivity contribution in [3.8, 4) is 5.75 Å². The van der Waals surface area contributed by atoms with Gasteiger partial charge in [-0.05, 0) is 37.5 Å². The molecule has 0 saturated carbocycles. The van der Waals surface area contributed by atoms with Crippen LogP contribution in [0.3, 0.4) is 0 Å². The van der Waals surface area contributed by atoms with Gasteiger partial charge in [0.2, 0.25) is 11.0 Å². The molecular formula is C20H24N6O2S2. The molecule has 2 aromatic heterocycles. The molecule has 0 unspecified atom stereocenters. The number of amides is 1. The minimum absolute atomic E-state index is 0.167. The second kappa shape index (κ2) is 10.4. The van der Waals surface area contributed by atoms with Crippen LogP contribution in [0.15, 0.2) is 36.0 Å². The van der Waals surface area contributed by atoms with Gasteiger partial charge < -0.3 is 4.74 Å². The Balaban J connectivity index is 1.62. The third-order valence-corrected chi connectivity index (χ3v) is 6.10. The predicted molar refractivity (Wildman–Crippen MR) is 119 cm³/mol. The van der Waals surface area contributed by atoms with Crippen LogP contribution in [0.1, 0.15) is 28.9 Å². The number of nitrogens with one attached hydrogen (secondary N) is 1. The molecule has 2 heterocycles. The Kier molecular flexibility index (Phi) is 7.58. The third kappa shape index (κ3) is 5.67. The number of aryl methyl sites for hydroxylation is 3. The Morgan fingerprint density at radius 2 is 2.13 bits per heavy atom. The van der Waals surface area contributed by atoms with Crippen molar-refractivity contribution in [1.82, 2.24) is 25.0 Å². The molecule has 10 heteroatoms.